The van der Waals surface area contributed by atoms with E-state index in [1.807, 2.05) is 0 Å². The van der Waals surface area contributed by atoms with Crippen molar-refractivity contribution in [3.8, 4) is 0 Å². The minimum atomic E-state index is -0.782. The zero-order valence-electron chi connectivity index (χ0n) is 18.1. The van der Waals surface area contributed by atoms with Crippen molar-refractivity contribution in [1.29, 1.82) is 0 Å². The maximum atomic E-state index is 12.5. The van der Waals surface area contributed by atoms with E-state index in [0.717, 1.165) is 12.8 Å². The fourth-order valence-electron chi connectivity index (χ4n) is 4.01. The zero-order valence-corrected chi connectivity index (χ0v) is 19.6. The first-order chi connectivity index (χ1) is 16.3. The highest BCUT2D eigenvalue weighted by Crippen LogP contribution is 2.25. The SMILES string of the molecule is O=C(CC1OCC2CCCN2C1=O)Nc1ccc(C(=O)OCC(=O)c2ccc(Cl)cc2Cl)cc1. The summed E-state index contributed by atoms with van der Waals surface area (Å²) in [5.41, 5.74) is 0.865. The lowest BCUT2D eigenvalue weighted by molar-refractivity contribution is -0.158. The molecule has 0 radical (unpaired) electrons. The molecule has 0 spiro atoms. The van der Waals surface area contributed by atoms with Crippen LogP contribution in [-0.2, 0) is 19.1 Å². The molecule has 4 rings (SSSR count). The van der Waals surface area contributed by atoms with E-state index in [0.29, 0.717) is 23.9 Å². The third kappa shape index (κ3) is 5.58. The van der Waals surface area contributed by atoms with E-state index in [9.17, 15) is 19.2 Å². The molecule has 0 aliphatic carbocycles. The average molecular weight is 505 g/mol. The van der Waals surface area contributed by atoms with E-state index in [2.05, 4.69) is 5.32 Å². The van der Waals surface area contributed by atoms with Gasteiger partial charge in [-0.1, -0.05) is 23.2 Å². The molecule has 34 heavy (non-hydrogen) atoms. The van der Waals surface area contributed by atoms with E-state index in [1.165, 1.54) is 42.5 Å². The van der Waals surface area contributed by atoms with Gasteiger partial charge in [-0.15, -0.1) is 0 Å². The summed E-state index contributed by atoms with van der Waals surface area (Å²) in [6.07, 6.45) is 1.02. The average Bonchev–Trinajstić information content (AvgIpc) is 3.29. The van der Waals surface area contributed by atoms with Crippen LogP contribution in [0.2, 0.25) is 10.0 Å². The number of nitrogens with one attached hydrogen (secondary N) is 1. The van der Waals surface area contributed by atoms with Crippen LogP contribution < -0.4 is 5.32 Å². The fourth-order valence-corrected chi connectivity index (χ4v) is 4.52. The Morgan fingerprint density at radius 1 is 1.12 bits per heavy atom. The molecule has 2 aliphatic heterocycles. The number of anilines is 1. The Kier molecular flexibility index (Phi) is 7.50. The molecule has 2 heterocycles. The Bertz CT molecular complexity index is 1120. The number of esters is 1. The second-order valence-electron chi connectivity index (χ2n) is 8.10. The molecule has 0 saturated carbocycles. The highest BCUT2D eigenvalue weighted by atomic mass is 35.5. The molecule has 2 aliphatic rings. The van der Waals surface area contributed by atoms with Crippen molar-refractivity contribution in [3.63, 3.8) is 0 Å². The van der Waals surface area contributed by atoms with Gasteiger partial charge >= 0.3 is 5.97 Å². The first-order valence-corrected chi connectivity index (χ1v) is 11.5. The molecular formula is C24H22Cl2N2O6. The summed E-state index contributed by atoms with van der Waals surface area (Å²) < 4.78 is 10.7. The topological polar surface area (TPSA) is 102 Å². The minimum Gasteiger partial charge on any atom is -0.454 e. The number of fused-ring (bicyclic) bond motifs is 1. The third-order valence-electron chi connectivity index (χ3n) is 5.77. The molecule has 2 saturated heterocycles. The van der Waals surface area contributed by atoms with Gasteiger partial charge in [-0.25, -0.2) is 4.79 Å². The number of ether oxygens (including phenoxy) is 2. The van der Waals surface area contributed by atoms with Gasteiger partial charge in [-0.3, -0.25) is 14.4 Å². The van der Waals surface area contributed by atoms with E-state index >= 15 is 0 Å². The van der Waals surface area contributed by atoms with Crippen LogP contribution in [0, 0.1) is 0 Å². The lowest BCUT2D eigenvalue weighted by Crippen LogP contribution is -2.51. The monoisotopic (exact) mass is 504 g/mol. The van der Waals surface area contributed by atoms with Crippen LogP contribution in [0.3, 0.4) is 0 Å². The van der Waals surface area contributed by atoms with Crippen molar-refractivity contribution in [3.05, 3.63) is 63.6 Å². The standard InChI is InChI=1S/C24H22Cl2N2O6/c25-15-5-8-18(19(26)10-15)20(29)13-34-24(32)14-3-6-16(7-4-14)27-22(30)11-21-23(31)28-9-1-2-17(28)12-33-21/h3-8,10,17,21H,1-2,9,11-13H2,(H,27,30). The Hall–Kier alpha value is -2.94. The maximum Gasteiger partial charge on any atom is 0.338 e. The molecule has 2 aromatic rings. The van der Waals surface area contributed by atoms with Gasteiger partial charge in [0, 0.05) is 22.8 Å². The summed E-state index contributed by atoms with van der Waals surface area (Å²) in [6, 6.07) is 10.5. The van der Waals surface area contributed by atoms with Crippen molar-refractivity contribution in [2.75, 3.05) is 25.1 Å². The van der Waals surface area contributed by atoms with Crippen molar-refractivity contribution in [2.24, 2.45) is 0 Å². The van der Waals surface area contributed by atoms with Gasteiger partial charge in [-0.05, 0) is 55.3 Å². The van der Waals surface area contributed by atoms with Crippen molar-refractivity contribution in [2.45, 2.75) is 31.4 Å². The molecule has 2 amide bonds. The number of ketones is 1. The first kappa shape index (κ1) is 24.2. The number of benzene rings is 2. The van der Waals surface area contributed by atoms with Gasteiger partial charge in [-0.2, -0.15) is 0 Å². The number of amides is 2. The summed E-state index contributed by atoms with van der Waals surface area (Å²) in [5.74, 6) is -1.66. The summed E-state index contributed by atoms with van der Waals surface area (Å²) >= 11 is 11.8. The molecule has 0 bridgehead atoms. The number of nitrogens with zero attached hydrogens (tertiary/aromatic N) is 1. The summed E-state index contributed by atoms with van der Waals surface area (Å²) in [4.78, 5) is 51.2. The Morgan fingerprint density at radius 3 is 2.62 bits per heavy atom. The minimum absolute atomic E-state index is 0.0821. The van der Waals surface area contributed by atoms with Crippen LogP contribution >= 0.6 is 23.2 Å². The zero-order chi connectivity index (χ0) is 24.2. The molecule has 10 heteroatoms. The summed E-state index contributed by atoms with van der Waals surface area (Å²) in [5, 5.41) is 3.26. The van der Waals surface area contributed by atoms with Crippen LogP contribution in [0.5, 0.6) is 0 Å². The van der Waals surface area contributed by atoms with Crippen LogP contribution in [0.15, 0.2) is 42.5 Å². The lowest BCUT2D eigenvalue weighted by atomic mass is 10.1. The van der Waals surface area contributed by atoms with Crippen molar-refractivity contribution in [1.82, 2.24) is 4.90 Å². The number of halogens is 2. The van der Waals surface area contributed by atoms with Crippen molar-refractivity contribution < 1.29 is 28.7 Å². The molecule has 1 N–H and O–H groups in total. The maximum absolute atomic E-state index is 12.5. The van der Waals surface area contributed by atoms with Crippen LogP contribution in [0.4, 0.5) is 5.69 Å². The van der Waals surface area contributed by atoms with Gasteiger partial charge in [0.15, 0.2) is 6.61 Å². The quantitative estimate of drug-likeness (QED) is 0.455. The van der Waals surface area contributed by atoms with Crippen LogP contribution in [-0.4, -0.2) is 60.4 Å². The normalized spacial score (nSPS) is 19.5. The van der Waals surface area contributed by atoms with Gasteiger partial charge < -0.3 is 19.7 Å². The highest BCUT2D eigenvalue weighted by molar-refractivity contribution is 6.36. The Labute approximate surface area is 206 Å². The lowest BCUT2D eigenvalue weighted by Gasteiger charge is -2.34. The number of Topliss-reactive ketones (excluding diaryl/α,β-unsaturated/α-hetero) is 1. The predicted octanol–water partition coefficient (Wildman–Crippen LogP) is 3.75. The predicted molar refractivity (Wildman–Crippen MR) is 125 cm³/mol. The van der Waals surface area contributed by atoms with E-state index in [1.54, 1.807) is 4.90 Å². The first-order valence-electron chi connectivity index (χ1n) is 10.8. The molecule has 2 unspecified atom stereocenters. The number of carbonyl (C=O) groups excluding carboxylic acids is 4. The molecule has 2 aromatic carbocycles. The van der Waals surface area contributed by atoms with Gasteiger partial charge in [0.25, 0.3) is 5.91 Å². The van der Waals surface area contributed by atoms with Crippen LogP contribution in [0.25, 0.3) is 0 Å². The highest BCUT2D eigenvalue weighted by Gasteiger charge is 2.39. The fraction of sp³-hybridized carbons (Fsp3) is 0.333. The van der Waals surface area contributed by atoms with Crippen LogP contribution in [0.1, 0.15) is 40.0 Å². The largest absolute Gasteiger partial charge is 0.454 e. The number of morpholine rings is 1. The second-order valence-corrected chi connectivity index (χ2v) is 8.95. The number of rotatable bonds is 7. The Morgan fingerprint density at radius 2 is 1.88 bits per heavy atom. The summed E-state index contributed by atoms with van der Waals surface area (Å²) in [6.45, 7) is 0.681. The summed E-state index contributed by atoms with van der Waals surface area (Å²) in [7, 11) is 0. The molecule has 2 fully saturated rings. The molecular weight excluding hydrogens is 483 g/mol. The smallest absolute Gasteiger partial charge is 0.338 e. The molecule has 8 nitrogen and oxygen atoms in total. The van der Waals surface area contributed by atoms with Crippen molar-refractivity contribution >= 4 is 52.5 Å². The molecule has 2 atom stereocenters. The second kappa shape index (κ2) is 10.5. The number of hydrogen-bond acceptors (Lipinski definition) is 6. The van der Waals surface area contributed by atoms with Gasteiger partial charge in [0.1, 0.15) is 6.10 Å². The van der Waals surface area contributed by atoms with E-state index < -0.39 is 24.5 Å². The molecule has 0 aromatic heterocycles. The number of hydrogen-bond donors (Lipinski definition) is 1. The van der Waals surface area contributed by atoms with Gasteiger partial charge in [0.05, 0.1) is 29.7 Å². The van der Waals surface area contributed by atoms with Gasteiger partial charge in [0.2, 0.25) is 11.7 Å². The molecule has 178 valence electrons. The number of carbonyl (C=O) groups is 4. The van der Waals surface area contributed by atoms with E-state index in [4.69, 9.17) is 32.7 Å². The van der Waals surface area contributed by atoms with E-state index in [-0.39, 0.29) is 40.4 Å². The Balaban J connectivity index is 1.27. The third-order valence-corrected chi connectivity index (χ3v) is 6.31.